The van der Waals surface area contributed by atoms with Crippen molar-refractivity contribution in [2.24, 2.45) is 0 Å². The van der Waals surface area contributed by atoms with Crippen LogP contribution in [0.25, 0.3) is 22.3 Å². The van der Waals surface area contributed by atoms with E-state index in [0.29, 0.717) is 34.9 Å². The average Bonchev–Trinajstić information content (AvgIpc) is 3.43. The summed E-state index contributed by atoms with van der Waals surface area (Å²) in [6.45, 7) is 0.421. The quantitative estimate of drug-likeness (QED) is 0.498. The molecule has 0 radical (unpaired) electrons. The lowest BCUT2D eigenvalue weighted by Gasteiger charge is -2.31. The van der Waals surface area contributed by atoms with Gasteiger partial charge in [0.15, 0.2) is 17.7 Å². The number of aromatic nitrogens is 6. The molecule has 10 nitrogen and oxygen atoms in total. The normalized spacial score (nSPS) is 19.8. The molecule has 0 bridgehead atoms. The van der Waals surface area contributed by atoms with Gasteiger partial charge in [0.2, 0.25) is 0 Å². The van der Waals surface area contributed by atoms with Gasteiger partial charge in [-0.15, -0.1) is 0 Å². The molecule has 2 aliphatic rings. The Kier molecular flexibility index (Phi) is 4.88. The zero-order chi connectivity index (χ0) is 22.3. The van der Waals surface area contributed by atoms with Gasteiger partial charge in [0.25, 0.3) is 0 Å². The van der Waals surface area contributed by atoms with Gasteiger partial charge in [-0.3, -0.25) is 0 Å². The Hall–Kier alpha value is -3.63. The molecule has 2 fully saturated rings. The summed E-state index contributed by atoms with van der Waals surface area (Å²) in [6.07, 6.45) is 9.57. The number of hydrogen-bond donors (Lipinski definition) is 1. The summed E-state index contributed by atoms with van der Waals surface area (Å²) in [5.74, 6) is 0.466. The minimum Gasteiger partial charge on any atom is -0.424 e. The molecule has 1 saturated heterocycles. The number of nitrogens with zero attached hydrogens (tertiary/aromatic N) is 6. The molecular weight excluding hydrogens is 422 g/mol. The molecule has 6 rings (SSSR count). The Morgan fingerprint density at radius 3 is 2.58 bits per heavy atom. The van der Waals surface area contributed by atoms with Crippen LogP contribution in [0.4, 0.5) is 5.82 Å². The van der Waals surface area contributed by atoms with Crippen LogP contribution in [0.2, 0.25) is 0 Å². The molecule has 4 aromatic rings. The lowest BCUT2D eigenvalue weighted by atomic mass is 9.94. The maximum Gasteiger partial charge on any atom is 0.321 e. The molecule has 3 aromatic heterocycles. The molecule has 1 atom stereocenters. The van der Waals surface area contributed by atoms with E-state index in [1.165, 1.54) is 12.7 Å². The van der Waals surface area contributed by atoms with E-state index in [1.54, 1.807) is 23.1 Å². The first-order chi connectivity index (χ1) is 16.2. The van der Waals surface area contributed by atoms with Crippen LogP contribution in [0.1, 0.15) is 38.3 Å². The summed E-state index contributed by atoms with van der Waals surface area (Å²) in [7, 11) is 0. The summed E-state index contributed by atoms with van der Waals surface area (Å²) in [6, 6.07) is 9.51. The number of benzene rings is 1. The first-order valence-electron chi connectivity index (χ1n) is 11.1. The Morgan fingerprint density at radius 2 is 1.79 bits per heavy atom. The fourth-order valence-corrected chi connectivity index (χ4v) is 4.53. The minimum atomic E-state index is -0.515. The highest BCUT2D eigenvalue weighted by molar-refractivity contribution is 5.98. The largest absolute Gasteiger partial charge is 0.424 e. The fraction of sp³-hybridized carbons (Fsp3) is 0.348. The smallest absolute Gasteiger partial charge is 0.321 e. The van der Waals surface area contributed by atoms with Crippen LogP contribution in [-0.2, 0) is 9.47 Å². The summed E-state index contributed by atoms with van der Waals surface area (Å²) in [4.78, 5) is 16.8. The number of fused-ring (bicyclic) bond motifs is 1. The van der Waals surface area contributed by atoms with E-state index >= 15 is 0 Å². The zero-order valence-corrected chi connectivity index (χ0v) is 17.9. The van der Waals surface area contributed by atoms with E-state index in [4.69, 9.17) is 25.0 Å². The fourth-order valence-electron chi connectivity index (χ4n) is 4.53. The second kappa shape index (κ2) is 8.05. The van der Waals surface area contributed by atoms with Crippen molar-refractivity contribution in [2.75, 3.05) is 12.3 Å². The van der Waals surface area contributed by atoms with Gasteiger partial charge in [-0.25, -0.2) is 24.6 Å². The minimum absolute atomic E-state index is 0.285. The van der Waals surface area contributed by atoms with Crippen LogP contribution in [0.15, 0.2) is 49.1 Å². The van der Waals surface area contributed by atoms with Gasteiger partial charge in [0.05, 0.1) is 12.0 Å². The van der Waals surface area contributed by atoms with Gasteiger partial charge in [-0.1, -0.05) is 6.42 Å². The zero-order valence-electron chi connectivity index (χ0n) is 17.9. The van der Waals surface area contributed by atoms with Crippen LogP contribution in [0.3, 0.4) is 0 Å². The molecule has 33 heavy (non-hydrogen) atoms. The standard InChI is InChI=1S/C23H23N7O3/c24-20-18-19(15-5-7-16(8-6-15)32-22-25-11-4-12-26-22)29-30(21(18)28-14-27-20)17-13-31-23(33-17)9-2-1-3-10-23/h4-8,11-12,14,17H,1-3,9-10,13H2,(H2,24,27,28). The van der Waals surface area contributed by atoms with E-state index in [-0.39, 0.29) is 12.2 Å². The summed E-state index contributed by atoms with van der Waals surface area (Å²) in [5, 5.41) is 5.54. The molecule has 1 saturated carbocycles. The second-order valence-corrected chi connectivity index (χ2v) is 8.26. The molecule has 1 aromatic carbocycles. The first-order valence-corrected chi connectivity index (χ1v) is 11.1. The van der Waals surface area contributed by atoms with Crippen LogP contribution < -0.4 is 10.5 Å². The van der Waals surface area contributed by atoms with E-state index in [0.717, 1.165) is 31.2 Å². The number of ether oxygens (including phenoxy) is 3. The van der Waals surface area contributed by atoms with Crippen molar-refractivity contribution < 1.29 is 14.2 Å². The Labute approximate surface area is 189 Å². The number of anilines is 1. The van der Waals surface area contributed by atoms with Crippen molar-refractivity contribution >= 4 is 16.9 Å². The van der Waals surface area contributed by atoms with Gasteiger partial charge >= 0.3 is 6.01 Å². The summed E-state index contributed by atoms with van der Waals surface area (Å²) in [5.41, 5.74) is 8.41. The van der Waals surface area contributed by atoms with E-state index in [9.17, 15) is 0 Å². The van der Waals surface area contributed by atoms with E-state index < -0.39 is 5.79 Å². The Morgan fingerprint density at radius 1 is 1.00 bits per heavy atom. The van der Waals surface area contributed by atoms with Crippen molar-refractivity contribution in [3.63, 3.8) is 0 Å². The lowest BCUT2D eigenvalue weighted by Crippen LogP contribution is -2.33. The van der Waals surface area contributed by atoms with E-state index in [1.807, 2.05) is 24.3 Å². The van der Waals surface area contributed by atoms with Crippen molar-refractivity contribution in [2.45, 2.75) is 44.1 Å². The van der Waals surface area contributed by atoms with E-state index in [2.05, 4.69) is 19.9 Å². The molecule has 4 heterocycles. The van der Waals surface area contributed by atoms with Crippen LogP contribution in [-0.4, -0.2) is 42.1 Å². The first kappa shape index (κ1) is 20.0. The van der Waals surface area contributed by atoms with Gasteiger partial charge in [0, 0.05) is 30.8 Å². The predicted molar refractivity (Wildman–Crippen MR) is 119 cm³/mol. The molecule has 168 valence electrons. The SMILES string of the molecule is Nc1ncnc2c1c(-c1ccc(Oc3ncccn3)cc1)nn2C1COC2(CCCCC2)O1. The van der Waals surface area contributed by atoms with Crippen LogP contribution >= 0.6 is 0 Å². The second-order valence-electron chi connectivity index (χ2n) is 8.26. The highest BCUT2D eigenvalue weighted by Crippen LogP contribution is 2.42. The van der Waals surface area contributed by atoms with Crippen molar-refractivity contribution in [1.29, 1.82) is 0 Å². The van der Waals surface area contributed by atoms with Gasteiger partial charge in [0.1, 0.15) is 23.6 Å². The predicted octanol–water partition coefficient (Wildman–Crippen LogP) is 3.86. The topological polar surface area (TPSA) is 123 Å². The van der Waals surface area contributed by atoms with Crippen molar-refractivity contribution in [3.8, 4) is 23.0 Å². The van der Waals surface area contributed by atoms with Gasteiger partial charge in [-0.2, -0.15) is 5.10 Å². The summed E-state index contributed by atoms with van der Waals surface area (Å²) >= 11 is 0. The molecule has 2 N–H and O–H groups in total. The number of nitrogen functional groups attached to an aromatic ring is 1. The third-order valence-electron chi connectivity index (χ3n) is 6.13. The van der Waals surface area contributed by atoms with Gasteiger partial charge < -0.3 is 19.9 Å². The van der Waals surface area contributed by atoms with Crippen molar-refractivity contribution in [3.05, 3.63) is 49.1 Å². The number of hydrogen-bond acceptors (Lipinski definition) is 9. The molecule has 10 heteroatoms. The van der Waals surface area contributed by atoms with Gasteiger partial charge in [-0.05, 0) is 43.2 Å². The molecule has 0 amide bonds. The third kappa shape index (κ3) is 3.66. The third-order valence-corrected chi connectivity index (χ3v) is 6.13. The number of rotatable bonds is 4. The Bertz CT molecular complexity index is 1270. The molecular formula is C23H23N7O3. The summed E-state index contributed by atoms with van der Waals surface area (Å²) < 4.78 is 20.0. The monoisotopic (exact) mass is 445 g/mol. The van der Waals surface area contributed by atoms with Crippen LogP contribution in [0.5, 0.6) is 11.8 Å². The molecule has 1 spiro atoms. The van der Waals surface area contributed by atoms with Crippen molar-refractivity contribution in [1.82, 2.24) is 29.7 Å². The molecule has 1 unspecified atom stereocenters. The lowest BCUT2D eigenvalue weighted by molar-refractivity contribution is -0.195. The maximum atomic E-state index is 6.40. The molecule has 1 aliphatic heterocycles. The van der Waals surface area contributed by atoms with Crippen LogP contribution in [0, 0.1) is 0 Å². The molecule has 1 aliphatic carbocycles. The highest BCUT2D eigenvalue weighted by atomic mass is 16.8. The highest BCUT2D eigenvalue weighted by Gasteiger charge is 2.44. The maximum absolute atomic E-state index is 6.40. The number of nitrogens with two attached hydrogens (primary N) is 1. The average molecular weight is 445 g/mol. The Balaban J connectivity index is 1.34.